The molecule has 5 rings (SSSR count). The van der Waals surface area contributed by atoms with Gasteiger partial charge in [-0.2, -0.15) is 0 Å². The smallest absolute Gasteiger partial charge is 0.336 e. The van der Waals surface area contributed by atoms with Crippen molar-refractivity contribution in [2.24, 2.45) is 0 Å². The van der Waals surface area contributed by atoms with Crippen molar-refractivity contribution in [3.05, 3.63) is 81.8 Å². The minimum Gasteiger partial charge on any atom is -0.426 e. The van der Waals surface area contributed by atoms with E-state index in [9.17, 15) is 9.59 Å². The number of aryl methyl sites for hydroxylation is 1. The Kier molecular flexibility index (Phi) is 3.37. The first-order valence-corrected chi connectivity index (χ1v) is 8.73. The van der Waals surface area contributed by atoms with Crippen molar-refractivity contribution < 1.29 is 13.9 Å². The Labute approximate surface area is 154 Å². The number of hydrogen-bond acceptors (Lipinski definition) is 5. The summed E-state index contributed by atoms with van der Waals surface area (Å²) >= 11 is 0. The molecule has 132 valence electrons. The van der Waals surface area contributed by atoms with Gasteiger partial charge in [-0.3, -0.25) is 9.78 Å². The van der Waals surface area contributed by atoms with Crippen molar-refractivity contribution >= 4 is 27.8 Å². The molecule has 4 aromatic rings. The Morgan fingerprint density at radius 3 is 2.85 bits per heavy atom. The maximum Gasteiger partial charge on any atom is 0.336 e. The summed E-state index contributed by atoms with van der Waals surface area (Å²) in [6, 6.07) is 14.9. The first-order chi connectivity index (χ1) is 13.1. The van der Waals surface area contributed by atoms with Gasteiger partial charge < -0.3 is 9.15 Å². The number of aromatic nitrogens is 1. The van der Waals surface area contributed by atoms with Crippen molar-refractivity contribution in [2.75, 3.05) is 0 Å². The molecule has 0 fully saturated rings. The van der Waals surface area contributed by atoms with Gasteiger partial charge >= 0.3 is 11.6 Å². The van der Waals surface area contributed by atoms with E-state index in [1.54, 1.807) is 12.3 Å². The van der Waals surface area contributed by atoms with Crippen LogP contribution < -0.4 is 10.4 Å². The summed E-state index contributed by atoms with van der Waals surface area (Å²) in [5.74, 6) is -0.101. The van der Waals surface area contributed by atoms with E-state index in [0.717, 1.165) is 33.0 Å². The number of fused-ring (bicyclic) bond motifs is 4. The Balaban J connectivity index is 1.80. The second kappa shape index (κ2) is 5.77. The Hall–Kier alpha value is -3.47. The molecule has 2 aromatic carbocycles. The first kappa shape index (κ1) is 15.8. The zero-order valence-corrected chi connectivity index (χ0v) is 14.6. The monoisotopic (exact) mass is 357 g/mol. The highest BCUT2D eigenvalue weighted by atomic mass is 16.5. The van der Waals surface area contributed by atoms with Crippen LogP contribution in [-0.4, -0.2) is 11.0 Å². The van der Waals surface area contributed by atoms with Crippen LogP contribution in [0.1, 0.15) is 29.0 Å². The molecule has 1 atom stereocenters. The number of carbonyl (C=O) groups is 1. The van der Waals surface area contributed by atoms with Crippen LogP contribution in [0.3, 0.4) is 0 Å². The van der Waals surface area contributed by atoms with Crippen molar-refractivity contribution in [3.8, 4) is 5.75 Å². The molecule has 0 amide bonds. The summed E-state index contributed by atoms with van der Waals surface area (Å²) in [5.41, 5.74) is 3.51. The van der Waals surface area contributed by atoms with Crippen molar-refractivity contribution in [3.63, 3.8) is 0 Å². The third-order valence-corrected chi connectivity index (χ3v) is 5.09. The summed E-state index contributed by atoms with van der Waals surface area (Å²) in [6.07, 6.45) is 1.94. The molecule has 0 aliphatic carbocycles. The van der Waals surface area contributed by atoms with Gasteiger partial charge in [0.15, 0.2) is 0 Å². The Morgan fingerprint density at radius 1 is 1.07 bits per heavy atom. The molecule has 0 N–H and O–H groups in total. The molecule has 1 aliphatic heterocycles. The number of carbonyl (C=O) groups excluding carboxylic acids is 1. The highest BCUT2D eigenvalue weighted by Crippen LogP contribution is 2.43. The summed E-state index contributed by atoms with van der Waals surface area (Å²) in [6.45, 7) is 1.87. The molecule has 0 bridgehead atoms. The van der Waals surface area contributed by atoms with Crippen LogP contribution in [0.4, 0.5) is 0 Å². The van der Waals surface area contributed by atoms with Gasteiger partial charge in [0, 0.05) is 34.5 Å². The second-order valence-corrected chi connectivity index (χ2v) is 6.79. The largest absolute Gasteiger partial charge is 0.426 e. The number of benzene rings is 2. The molecule has 0 spiro atoms. The fraction of sp³-hybridized carbons (Fsp3) is 0.136. The predicted molar refractivity (Wildman–Crippen MR) is 101 cm³/mol. The van der Waals surface area contributed by atoms with E-state index < -0.39 is 5.63 Å². The van der Waals surface area contributed by atoms with Crippen LogP contribution in [0, 0.1) is 6.92 Å². The number of ether oxygens (including phenoxy) is 1. The van der Waals surface area contributed by atoms with E-state index in [1.807, 2.05) is 43.3 Å². The van der Waals surface area contributed by atoms with E-state index in [-0.39, 0.29) is 18.3 Å². The normalized spacial score (nSPS) is 16.3. The molecule has 0 unspecified atom stereocenters. The lowest BCUT2D eigenvalue weighted by Gasteiger charge is -2.26. The minimum absolute atomic E-state index is 0.190. The highest BCUT2D eigenvalue weighted by molar-refractivity contribution is 5.90. The molecular formula is C22H15NO4. The zero-order valence-electron chi connectivity index (χ0n) is 14.6. The number of nitrogens with zero attached hydrogens (tertiary/aromatic N) is 1. The van der Waals surface area contributed by atoms with Crippen molar-refractivity contribution in [1.82, 2.24) is 4.98 Å². The average molecular weight is 357 g/mol. The second-order valence-electron chi connectivity index (χ2n) is 6.79. The van der Waals surface area contributed by atoms with Crippen LogP contribution in [0.5, 0.6) is 5.75 Å². The molecule has 0 saturated heterocycles. The van der Waals surface area contributed by atoms with Gasteiger partial charge in [-0.05, 0) is 48.4 Å². The van der Waals surface area contributed by atoms with Crippen LogP contribution in [0.15, 0.2) is 63.9 Å². The van der Waals surface area contributed by atoms with Crippen molar-refractivity contribution in [2.45, 2.75) is 19.3 Å². The molecule has 5 heteroatoms. The third kappa shape index (κ3) is 2.51. The van der Waals surface area contributed by atoms with Crippen LogP contribution >= 0.6 is 0 Å². The van der Waals surface area contributed by atoms with Gasteiger partial charge in [0.25, 0.3) is 0 Å². The van der Waals surface area contributed by atoms with E-state index in [4.69, 9.17) is 9.15 Å². The van der Waals surface area contributed by atoms with Crippen LogP contribution in [0.2, 0.25) is 0 Å². The summed E-state index contributed by atoms with van der Waals surface area (Å²) < 4.78 is 11.0. The molecular weight excluding hydrogens is 342 g/mol. The van der Waals surface area contributed by atoms with Gasteiger partial charge in [-0.15, -0.1) is 0 Å². The number of esters is 1. The summed E-state index contributed by atoms with van der Waals surface area (Å²) in [5, 5.41) is 1.84. The zero-order chi connectivity index (χ0) is 18.5. The lowest BCUT2D eigenvalue weighted by molar-refractivity contribution is -0.135. The average Bonchev–Trinajstić information content (AvgIpc) is 2.66. The first-order valence-electron chi connectivity index (χ1n) is 8.73. The van der Waals surface area contributed by atoms with Gasteiger partial charge in [-0.1, -0.05) is 12.1 Å². The van der Waals surface area contributed by atoms with Crippen LogP contribution in [0.25, 0.3) is 21.9 Å². The fourth-order valence-corrected chi connectivity index (χ4v) is 3.83. The molecule has 1 aliphatic rings. The van der Waals surface area contributed by atoms with E-state index in [2.05, 4.69) is 4.98 Å². The SMILES string of the molecule is Cc1cc(=O)oc2c3c(ccc12)OC(=O)C[C@H]3c1ccc2ncccc2c1. The molecule has 3 heterocycles. The quantitative estimate of drug-likeness (QED) is 0.291. The topological polar surface area (TPSA) is 69.4 Å². The van der Waals surface area contributed by atoms with Gasteiger partial charge in [-0.25, -0.2) is 4.79 Å². The molecule has 0 saturated carbocycles. The molecule has 2 aromatic heterocycles. The maximum atomic E-state index is 12.2. The Morgan fingerprint density at radius 2 is 1.96 bits per heavy atom. The molecule has 27 heavy (non-hydrogen) atoms. The van der Waals surface area contributed by atoms with Gasteiger partial charge in [0.05, 0.1) is 11.9 Å². The van der Waals surface area contributed by atoms with E-state index >= 15 is 0 Å². The number of hydrogen-bond donors (Lipinski definition) is 0. The van der Waals surface area contributed by atoms with Crippen molar-refractivity contribution in [1.29, 1.82) is 0 Å². The van der Waals surface area contributed by atoms with Gasteiger partial charge in [0.1, 0.15) is 11.3 Å². The fourth-order valence-electron chi connectivity index (χ4n) is 3.83. The lowest BCUT2D eigenvalue weighted by Crippen LogP contribution is -2.21. The lowest BCUT2D eigenvalue weighted by atomic mass is 9.84. The third-order valence-electron chi connectivity index (χ3n) is 5.09. The van der Waals surface area contributed by atoms with Gasteiger partial charge in [0.2, 0.25) is 0 Å². The molecule has 0 radical (unpaired) electrons. The number of rotatable bonds is 1. The standard InChI is InChI=1S/C22H15NO4/c1-12-9-19(24)27-22-15(12)5-7-18-21(22)16(11-20(25)26-18)13-4-6-17-14(10-13)3-2-8-23-17/h2-10,16H,11H2,1H3/t16-/m0/s1. The van der Waals surface area contributed by atoms with Crippen LogP contribution in [-0.2, 0) is 4.79 Å². The van der Waals surface area contributed by atoms with E-state index in [0.29, 0.717) is 11.3 Å². The molecule has 5 nitrogen and oxygen atoms in total. The predicted octanol–water partition coefficient (Wildman–Crippen LogP) is 4.09. The maximum absolute atomic E-state index is 12.2. The highest BCUT2D eigenvalue weighted by Gasteiger charge is 2.32. The summed E-state index contributed by atoms with van der Waals surface area (Å²) in [7, 11) is 0. The summed E-state index contributed by atoms with van der Waals surface area (Å²) in [4.78, 5) is 28.6. The van der Waals surface area contributed by atoms with E-state index in [1.165, 1.54) is 6.07 Å². The number of pyridine rings is 1. The minimum atomic E-state index is -0.410. The Bertz CT molecular complexity index is 1290.